The van der Waals surface area contributed by atoms with Crippen LogP contribution in [0.2, 0.25) is 0 Å². The summed E-state index contributed by atoms with van der Waals surface area (Å²) in [6.07, 6.45) is 9.24. The second kappa shape index (κ2) is 4.81. The highest BCUT2D eigenvalue weighted by Crippen LogP contribution is 2.51. The van der Waals surface area contributed by atoms with Crippen LogP contribution in [0.4, 0.5) is 0 Å². The monoisotopic (exact) mass is 235 g/mol. The van der Waals surface area contributed by atoms with Crippen LogP contribution in [-0.4, -0.2) is 9.55 Å². The molecule has 2 N–H and O–H groups in total. The van der Waals surface area contributed by atoms with Crippen LogP contribution in [0.5, 0.6) is 0 Å². The van der Waals surface area contributed by atoms with E-state index in [-0.39, 0.29) is 6.04 Å². The van der Waals surface area contributed by atoms with Crippen LogP contribution in [0, 0.1) is 11.3 Å². The molecular formula is C14H25N3. The topological polar surface area (TPSA) is 43.8 Å². The van der Waals surface area contributed by atoms with Crippen molar-refractivity contribution in [1.82, 2.24) is 9.55 Å². The highest BCUT2D eigenvalue weighted by molar-refractivity contribution is 5.07. The Morgan fingerprint density at radius 1 is 1.47 bits per heavy atom. The second-order valence-electron chi connectivity index (χ2n) is 5.97. The highest BCUT2D eigenvalue weighted by atomic mass is 15.1. The fraction of sp³-hybridized carbons (Fsp3) is 0.786. The molecule has 1 fully saturated rings. The minimum Gasteiger partial charge on any atom is -0.333 e. The van der Waals surface area contributed by atoms with Gasteiger partial charge < -0.3 is 10.3 Å². The molecule has 1 atom stereocenters. The molecule has 1 aliphatic rings. The van der Waals surface area contributed by atoms with Crippen LogP contribution >= 0.6 is 0 Å². The van der Waals surface area contributed by atoms with Gasteiger partial charge in [-0.15, -0.1) is 0 Å². The Balaban J connectivity index is 2.09. The van der Waals surface area contributed by atoms with Crippen LogP contribution in [0.25, 0.3) is 0 Å². The van der Waals surface area contributed by atoms with Gasteiger partial charge in [-0.3, -0.25) is 0 Å². The van der Waals surface area contributed by atoms with E-state index in [1.807, 2.05) is 12.5 Å². The molecule has 0 saturated heterocycles. The van der Waals surface area contributed by atoms with Crippen LogP contribution in [-0.2, 0) is 6.54 Å². The van der Waals surface area contributed by atoms with Gasteiger partial charge in [0.2, 0.25) is 0 Å². The van der Waals surface area contributed by atoms with E-state index in [1.54, 1.807) is 0 Å². The van der Waals surface area contributed by atoms with Gasteiger partial charge >= 0.3 is 0 Å². The van der Waals surface area contributed by atoms with Crippen molar-refractivity contribution < 1.29 is 0 Å². The number of rotatable bonds is 6. The Labute approximate surface area is 104 Å². The van der Waals surface area contributed by atoms with Gasteiger partial charge in [0.15, 0.2) is 0 Å². The van der Waals surface area contributed by atoms with Crippen molar-refractivity contribution in [2.45, 2.75) is 59.0 Å². The van der Waals surface area contributed by atoms with Crippen LogP contribution < -0.4 is 5.73 Å². The minimum atomic E-state index is 0.106. The molecule has 1 aliphatic carbocycles. The molecule has 1 unspecified atom stereocenters. The summed E-state index contributed by atoms with van der Waals surface area (Å²) in [6, 6.07) is 0.106. The van der Waals surface area contributed by atoms with E-state index in [2.05, 4.69) is 30.3 Å². The maximum Gasteiger partial charge on any atom is 0.0948 e. The molecule has 3 heteroatoms. The van der Waals surface area contributed by atoms with Crippen molar-refractivity contribution in [2.24, 2.45) is 17.1 Å². The molecule has 1 aromatic heterocycles. The van der Waals surface area contributed by atoms with E-state index >= 15 is 0 Å². The molecule has 0 aromatic carbocycles. The molecule has 1 saturated carbocycles. The summed E-state index contributed by atoms with van der Waals surface area (Å²) in [5.74, 6) is 0.465. The van der Waals surface area contributed by atoms with Crippen LogP contribution in [0.3, 0.4) is 0 Å². The Morgan fingerprint density at radius 2 is 2.18 bits per heavy atom. The lowest BCUT2D eigenvalue weighted by Crippen LogP contribution is -2.22. The van der Waals surface area contributed by atoms with E-state index in [0.717, 1.165) is 6.54 Å². The molecule has 17 heavy (non-hydrogen) atoms. The third kappa shape index (κ3) is 2.71. The molecule has 0 radical (unpaired) electrons. The van der Waals surface area contributed by atoms with Gasteiger partial charge in [0, 0.05) is 18.8 Å². The highest BCUT2D eigenvalue weighted by Gasteiger charge is 2.42. The zero-order valence-electron chi connectivity index (χ0n) is 11.3. The average Bonchev–Trinajstić information content (AvgIpc) is 2.88. The summed E-state index contributed by atoms with van der Waals surface area (Å²) in [4.78, 5) is 4.28. The molecular weight excluding hydrogens is 210 g/mol. The fourth-order valence-corrected chi connectivity index (χ4v) is 2.64. The number of hydrogen-bond acceptors (Lipinski definition) is 2. The first kappa shape index (κ1) is 12.6. The zero-order valence-corrected chi connectivity index (χ0v) is 11.3. The standard InChI is InChI=1S/C14H25N3/c1-4-5-14(6-7-14)9-17-10-16-8-12(17)13(15)11(2)3/h8,10-11,13H,4-7,9,15H2,1-3H3. The first-order chi connectivity index (χ1) is 8.08. The summed E-state index contributed by atoms with van der Waals surface area (Å²) in [6.45, 7) is 7.72. The number of hydrogen-bond donors (Lipinski definition) is 1. The number of nitrogens with two attached hydrogens (primary N) is 1. The van der Waals surface area contributed by atoms with Gasteiger partial charge in [0.05, 0.1) is 12.0 Å². The van der Waals surface area contributed by atoms with E-state index in [1.165, 1.54) is 31.4 Å². The Bertz CT molecular complexity index is 363. The number of imidazole rings is 1. The molecule has 0 spiro atoms. The molecule has 1 heterocycles. The van der Waals surface area contributed by atoms with E-state index in [9.17, 15) is 0 Å². The molecule has 96 valence electrons. The van der Waals surface area contributed by atoms with Crippen molar-refractivity contribution >= 4 is 0 Å². The van der Waals surface area contributed by atoms with Crippen LogP contribution in [0.15, 0.2) is 12.5 Å². The van der Waals surface area contributed by atoms with Gasteiger partial charge in [-0.05, 0) is 30.6 Å². The molecule has 0 bridgehead atoms. The van der Waals surface area contributed by atoms with Crippen molar-refractivity contribution in [3.63, 3.8) is 0 Å². The van der Waals surface area contributed by atoms with Crippen molar-refractivity contribution in [2.75, 3.05) is 0 Å². The van der Waals surface area contributed by atoms with Gasteiger partial charge in [0.1, 0.15) is 0 Å². The molecule has 0 aliphatic heterocycles. The largest absolute Gasteiger partial charge is 0.333 e. The number of nitrogens with zero attached hydrogens (tertiary/aromatic N) is 2. The van der Waals surface area contributed by atoms with Crippen LogP contribution in [0.1, 0.15) is 58.2 Å². The Kier molecular flexibility index (Phi) is 3.57. The maximum atomic E-state index is 6.24. The molecule has 2 rings (SSSR count). The third-order valence-corrected chi connectivity index (χ3v) is 4.05. The third-order valence-electron chi connectivity index (χ3n) is 4.05. The van der Waals surface area contributed by atoms with E-state index < -0.39 is 0 Å². The summed E-state index contributed by atoms with van der Waals surface area (Å²) < 4.78 is 2.29. The van der Waals surface area contributed by atoms with Crippen molar-refractivity contribution in [1.29, 1.82) is 0 Å². The summed E-state index contributed by atoms with van der Waals surface area (Å²) in [5, 5.41) is 0. The molecule has 1 aromatic rings. The van der Waals surface area contributed by atoms with Gasteiger partial charge in [0.25, 0.3) is 0 Å². The van der Waals surface area contributed by atoms with Crippen molar-refractivity contribution in [3.8, 4) is 0 Å². The maximum absolute atomic E-state index is 6.24. The first-order valence-electron chi connectivity index (χ1n) is 6.83. The van der Waals surface area contributed by atoms with Crippen molar-refractivity contribution in [3.05, 3.63) is 18.2 Å². The summed E-state index contributed by atoms with van der Waals surface area (Å²) in [7, 11) is 0. The normalized spacial score (nSPS) is 19.6. The van der Waals surface area contributed by atoms with Gasteiger partial charge in [-0.1, -0.05) is 27.2 Å². The lowest BCUT2D eigenvalue weighted by atomic mass is 9.99. The van der Waals surface area contributed by atoms with E-state index in [0.29, 0.717) is 11.3 Å². The summed E-state index contributed by atoms with van der Waals surface area (Å²) in [5.41, 5.74) is 7.99. The Hall–Kier alpha value is -0.830. The van der Waals surface area contributed by atoms with Gasteiger partial charge in [-0.2, -0.15) is 0 Å². The summed E-state index contributed by atoms with van der Waals surface area (Å²) >= 11 is 0. The smallest absolute Gasteiger partial charge is 0.0948 e. The minimum absolute atomic E-state index is 0.106. The Morgan fingerprint density at radius 3 is 2.71 bits per heavy atom. The fourth-order valence-electron chi connectivity index (χ4n) is 2.64. The number of aromatic nitrogens is 2. The lowest BCUT2D eigenvalue weighted by Gasteiger charge is -2.21. The second-order valence-corrected chi connectivity index (χ2v) is 5.97. The quantitative estimate of drug-likeness (QED) is 0.823. The molecule has 3 nitrogen and oxygen atoms in total. The SMILES string of the molecule is CCCC1(Cn2cncc2C(N)C(C)C)CC1. The predicted molar refractivity (Wildman–Crippen MR) is 70.6 cm³/mol. The predicted octanol–water partition coefficient (Wildman–Crippen LogP) is 3.12. The lowest BCUT2D eigenvalue weighted by molar-refractivity contribution is 0.369. The van der Waals surface area contributed by atoms with E-state index in [4.69, 9.17) is 5.73 Å². The molecule has 0 amide bonds. The zero-order chi connectivity index (χ0) is 12.5. The average molecular weight is 235 g/mol. The van der Waals surface area contributed by atoms with Gasteiger partial charge in [-0.25, -0.2) is 4.98 Å². The first-order valence-corrected chi connectivity index (χ1v) is 6.83.